The number of rotatable bonds is 7. The summed E-state index contributed by atoms with van der Waals surface area (Å²) in [5.41, 5.74) is 6.04. The molecule has 1 fully saturated rings. The molecule has 2 amide bonds. The fourth-order valence-corrected chi connectivity index (χ4v) is 6.15. The first-order valence-corrected chi connectivity index (χ1v) is 11.6. The topological polar surface area (TPSA) is 218 Å². The number of carboxylic acids is 1. The van der Waals surface area contributed by atoms with E-state index in [-0.39, 0.29) is 27.7 Å². The van der Waals surface area contributed by atoms with Gasteiger partial charge in [0.05, 0.1) is 6.20 Å². The molecule has 4 heterocycles. The van der Waals surface area contributed by atoms with Gasteiger partial charge >= 0.3 is 5.97 Å². The van der Waals surface area contributed by atoms with Crippen molar-refractivity contribution in [1.29, 1.82) is 0 Å². The van der Waals surface area contributed by atoms with Gasteiger partial charge in [-0.1, -0.05) is 5.16 Å². The van der Waals surface area contributed by atoms with Crippen LogP contribution in [0.1, 0.15) is 11.3 Å². The highest BCUT2D eigenvalue weighted by atomic mass is 32.2. The largest absolute Gasteiger partial charge is 0.477 e. The second kappa shape index (κ2) is 9.60. The summed E-state index contributed by atoms with van der Waals surface area (Å²) < 4.78 is 0. The minimum atomic E-state index is -1.21. The number of nitrogen functional groups attached to an aromatic ring is 1. The van der Waals surface area contributed by atoms with Crippen molar-refractivity contribution in [2.45, 2.75) is 17.2 Å². The zero-order valence-corrected chi connectivity index (χ0v) is 18.5. The molecule has 0 spiro atoms. The van der Waals surface area contributed by atoms with Crippen LogP contribution in [-0.4, -0.2) is 76.5 Å². The lowest BCUT2D eigenvalue weighted by Crippen LogP contribution is -2.71. The molecule has 0 aliphatic carbocycles. The van der Waals surface area contributed by atoms with Crippen LogP contribution < -0.4 is 11.1 Å². The lowest BCUT2D eigenvalue weighted by atomic mass is 10.0. The Morgan fingerprint density at radius 2 is 2.25 bits per heavy atom. The molecule has 16 heteroatoms. The number of thioether (sulfide) groups is 2. The van der Waals surface area contributed by atoms with Crippen LogP contribution in [0.25, 0.3) is 0 Å². The molecule has 170 valence electrons. The zero-order valence-electron chi connectivity index (χ0n) is 16.0. The van der Waals surface area contributed by atoms with E-state index in [4.69, 9.17) is 5.73 Å². The molecular formula is C16H17N7O6S3. The summed E-state index contributed by atoms with van der Waals surface area (Å²) in [4.78, 5) is 42.7. The number of β-lactam (4-membered cyclic amide) rings is 1. The summed E-state index contributed by atoms with van der Waals surface area (Å²) in [5.74, 6) is -1.71. The first-order valence-electron chi connectivity index (χ1n) is 8.66. The summed E-state index contributed by atoms with van der Waals surface area (Å²) in [6.07, 6.45) is 3.35. The van der Waals surface area contributed by atoms with E-state index in [1.165, 1.54) is 33.8 Å². The molecule has 1 saturated heterocycles. The molecule has 13 nitrogen and oxygen atoms in total. The molecular weight excluding hydrogens is 482 g/mol. The number of amides is 2. The van der Waals surface area contributed by atoms with Crippen molar-refractivity contribution in [3.05, 3.63) is 39.6 Å². The molecule has 2 aliphatic heterocycles. The number of carbonyl (C=O) groups excluding carboxylic acids is 2. The number of nitrogens with zero attached hydrogens (tertiary/aromatic N) is 4. The number of nitrogens with two attached hydrogens (primary N) is 1. The minimum Gasteiger partial charge on any atom is -0.477 e. The number of hydrogen-bond acceptors (Lipinski definition) is 11. The zero-order chi connectivity index (χ0) is 22.1. The molecule has 2 aliphatic rings. The molecule has 8 N–H and O–H groups in total. The van der Waals surface area contributed by atoms with E-state index in [9.17, 15) is 24.7 Å². The van der Waals surface area contributed by atoms with Crippen LogP contribution >= 0.6 is 34.9 Å². The Hall–Kier alpha value is -3.08. The minimum absolute atomic E-state index is 0. The van der Waals surface area contributed by atoms with E-state index < -0.39 is 29.2 Å². The van der Waals surface area contributed by atoms with E-state index in [0.717, 1.165) is 16.9 Å². The van der Waals surface area contributed by atoms with Gasteiger partial charge in [0.1, 0.15) is 22.8 Å². The smallest absolute Gasteiger partial charge is 0.353 e. The highest BCUT2D eigenvalue weighted by Crippen LogP contribution is 2.44. The van der Waals surface area contributed by atoms with Gasteiger partial charge in [0.2, 0.25) is 0 Å². The van der Waals surface area contributed by atoms with Crippen LogP contribution in [0, 0.1) is 0 Å². The molecule has 4 rings (SSSR count). The number of oxime groups is 1. The summed E-state index contributed by atoms with van der Waals surface area (Å²) in [6, 6.07) is -0.958. The lowest BCUT2D eigenvalue weighted by molar-refractivity contribution is -0.150. The number of anilines is 1. The van der Waals surface area contributed by atoms with Crippen LogP contribution in [0.3, 0.4) is 0 Å². The van der Waals surface area contributed by atoms with Crippen molar-refractivity contribution < 1.29 is 30.2 Å². The third-order valence-corrected chi connectivity index (χ3v) is 7.77. The molecule has 2 atom stereocenters. The van der Waals surface area contributed by atoms with Gasteiger partial charge < -0.3 is 26.8 Å². The average molecular weight is 500 g/mol. The number of H-pyrrole nitrogens is 1. The van der Waals surface area contributed by atoms with Crippen LogP contribution in [0.2, 0.25) is 0 Å². The number of hydrogen-bond donors (Lipinski definition) is 5. The molecule has 0 bridgehead atoms. The van der Waals surface area contributed by atoms with Crippen molar-refractivity contribution in [3.63, 3.8) is 0 Å². The van der Waals surface area contributed by atoms with Gasteiger partial charge in [0.25, 0.3) is 11.8 Å². The van der Waals surface area contributed by atoms with Gasteiger partial charge in [-0.15, -0.1) is 34.9 Å². The van der Waals surface area contributed by atoms with Crippen molar-refractivity contribution in [1.82, 2.24) is 25.4 Å². The molecule has 0 unspecified atom stereocenters. The van der Waals surface area contributed by atoms with Crippen LogP contribution in [0.4, 0.5) is 5.13 Å². The molecule has 2 aromatic rings. The summed E-state index contributed by atoms with van der Waals surface area (Å²) in [5, 5.41) is 32.0. The van der Waals surface area contributed by atoms with E-state index in [1.807, 2.05) is 0 Å². The summed E-state index contributed by atoms with van der Waals surface area (Å²) in [6.45, 7) is 0. The Kier molecular flexibility index (Phi) is 7.07. The Morgan fingerprint density at radius 3 is 2.84 bits per heavy atom. The predicted molar refractivity (Wildman–Crippen MR) is 118 cm³/mol. The Labute approximate surface area is 192 Å². The highest BCUT2D eigenvalue weighted by Gasteiger charge is 2.54. The molecule has 0 radical (unpaired) electrons. The number of aromatic nitrogens is 3. The summed E-state index contributed by atoms with van der Waals surface area (Å²) >= 11 is 3.73. The van der Waals surface area contributed by atoms with Gasteiger partial charge in [-0.05, 0) is 0 Å². The van der Waals surface area contributed by atoms with Crippen LogP contribution in [-0.2, 0) is 20.1 Å². The number of thiazole rings is 1. The first-order chi connectivity index (χ1) is 14.9. The SMILES string of the molecule is Nc1nc(/C(=N/O)C(=O)N[C@@H]2C(=O)N3C(C(=O)O)=C(SCc4cn[nH]c4)CS[C@@H]23)cs1.O. The fourth-order valence-electron chi connectivity index (χ4n) is 3.05. The third-order valence-electron chi connectivity index (χ3n) is 4.47. The van der Waals surface area contributed by atoms with E-state index >= 15 is 0 Å². The number of carbonyl (C=O) groups is 3. The maximum Gasteiger partial charge on any atom is 0.353 e. The highest BCUT2D eigenvalue weighted by molar-refractivity contribution is 8.05. The second-order valence-electron chi connectivity index (χ2n) is 6.35. The predicted octanol–water partition coefficient (Wildman–Crippen LogP) is -0.568. The van der Waals surface area contributed by atoms with Gasteiger partial charge in [0.15, 0.2) is 10.8 Å². The molecule has 0 saturated carbocycles. The van der Waals surface area contributed by atoms with Crippen molar-refractivity contribution in [2.75, 3.05) is 11.5 Å². The molecule has 0 aromatic carbocycles. The standard InChI is InChI=1S/C16H15N7O5S3.H2O/c17-16-20-7(4-31-16)9(22-28)12(24)21-10-13(25)23-11(15(26)27)8(5-30-14(10)23)29-3-6-1-18-19-2-6;/h1-2,4,10,14,28H,3,5H2,(H2,17,20)(H,18,19)(H,21,24)(H,26,27);1H2/b22-9-;/t10-,14+;/m1./s1. The van der Waals surface area contributed by atoms with Crippen LogP contribution in [0.5, 0.6) is 0 Å². The van der Waals surface area contributed by atoms with Gasteiger partial charge in [-0.3, -0.25) is 19.6 Å². The number of fused-ring (bicyclic) bond motifs is 1. The van der Waals surface area contributed by atoms with Gasteiger partial charge in [0, 0.05) is 33.6 Å². The Morgan fingerprint density at radius 1 is 1.47 bits per heavy atom. The van der Waals surface area contributed by atoms with E-state index in [1.54, 1.807) is 12.4 Å². The monoisotopic (exact) mass is 499 g/mol. The maximum atomic E-state index is 12.7. The van der Waals surface area contributed by atoms with Crippen LogP contribution in [0.15, 0.2) is 33.5 Å². The van der Waals surface area contributed by atoms with Crippen molar-refractivity contribution in [3.8, 4) is 0 Å². The lowest BCUT2D eigenvalue weighted by Gasteiger charge is -2.49. The average Bonchev–Trinajstić information content (AvgIpc) is 3.42. The number of aliphatic carboxylic acids is 1. The second-order valence-corrected chi connectivity index (χ2v) is 9.42. The Bertz CT molecular complexity index is 1100. The molecule has 32 heavy (non-hydrogen) atoms. The number of nitrogens with one attached hydrogen (secondary N) is 2. The summed E-state index contributed by atoms with van der Waals surface area (Å²) in [7, 11) is 0. The number of carboxylic acid groups (broad SMARTS) is 1. The van der Waals surface area contributed by atoms with Crippen molar-refractivity contribution >= 4 is 63.5 Å². The van der Waals surface area contributed by atoms with E-state index in [2.05, 4.69) is 25.7 Å². The normalized spacial score (nSPS) is 20.3. The first kappa shape index (κ1) is 23.6. The van der Waals surface area contributed by atoms with Gasteiger partial charge in [-0.25, -0.2) is 9.78 Å². The molecule has 2 aromatic heterocycles. The van der Waals surface area contributed by atoms with Crippen molar-refractivity contribution in [2.24, 2.45) is 5.16 Å². The Balaban J connectivity index is 0.00000289. The fraction of sp³-hybridized carbons (Fsp3) is 0.250. The number of aromatic amines is 1. The van der Waals surface area contributed by atoms with E-state index in [0.29, 0.717) is 16.4 Å². The quantitative estimate of drug-likeness (QED) is 0.141. The third kappa shape index (κ3) is 4.29. The maximum absolute atomic E-state index is 12.7. The van der Waals surface area contributed by atoms with Gasteiger partial charge in [-0.2, -0.15) is 5.10 Å².